The van der Waals surface area contributed by atoms with Crippen molar-refractivity contribution < 1.29 is 14.8 Å². The van der Waals surface area contributed by atoms with Crippen LogP contribution < -0.4 is 5.32 Å². The second kappa shape index (κ2) is 3.56. The highest BCUT2D eigenvalue weighted by molar-refractivity contribution is 6.50. The summed E-state index contributed by atoms with van der Waals surface area (Å²) in [5, 5.41) is 15.1. The number of carbonyl (C=O) groups excluding carboxylic acids is 2. The molecule has 5 nitrogen and oxygen atoms in total. The van der Waals surface area contributed by atoms with Crippen molar-refractivity contribution in [2.24, 2.45) is 21.4 Å². The van der Waals surface area contributed by atoms with Gasteiger partial charge in [-0.2, -0.15) is 0 Å². The summed E-state index contributed by atoms with van der Waals surface area (Å²) in [4.78, 5) is 24.9. The summed E-state index contributed by atoms with van der Waals surface area (Å²) in [5.74, 6) is -0.544. The van der Waals surface area contributed by atoms with E-state index < -0.39 is 16.2 Å². The highest BCUT2D eigenvalue weighted by Gasteiger charge is 2.76. The number of ketones is 1. The van der Waals surface area contributed by atoms with Crippen LogP contribution in [0.15, 0.2) is 5.16 Å². The zero-order valence-corrected chi connectivity index (χ0v) is 11.3. The Hall–Kier alpha value is -1.39. The van der Waals surface area contributed by atoms with E-state index in [1.807, 2.05) is 27.7 Å². The summed E-state index contributed by atoms with van der Waals surface area (Å²) in [6, 6.07) is 0. The Morgan fingerprint density at radius 3 is 2.44 bits per heavy atom. The van der Waals surface area contributed by atoms with Crippen LogP contribution in [0.25, 0.3) is 0 Å². The van der Waals surface area contributed by atoms with E-state index in [0.717, 1.165) is 0 Å². The maximum absolute atomic E-state index is 12.5. The Kier molecular flexibility index (Phi) is 2.58. The van der Waals surface area contributed by atoms with Crippen LogP contribution in [0.1, 0.15) is 40.5 Å². The molecule has 2 N–H and O–H groups in total. The smallest absolute Gasteiger partial charge is 0.234 e. The van der Waals surface area contributed by atoms with E-state index in [2.05, 4.69) is 10.5 Å². The molecule has 2 fully saturated rings. The third-order valence-corrected chi connectivity index (χ3v) is 5.40. The lowest BCUT2D eigenvalue weighted by molar-refractivity contribution is -0.143. The molecule has 0 aromatic carbocycles. The van der Waals surface area contributed by atoms with E-state index in [9.17, 15) is 9.59 Å². The van der Waals surface area contributed by atoms with Gasteiger partial charge in [0.1, 0.15) is 11.1 Å². The SMILES string of the molecule is CCNC(=O)C12CCC(C)(/C(=N/O)C1=O)C2(C)C. The molecule has 2 bridgehead atoms. The molecule has 2 saturated carbocycles. The van der Waals surface area contributed by atoms with Gasteiger partial charge >= 0.3 is 0 Å². The summed E-state index contributed by atoms with van der Waals surface area (Å²) in [6.07, 6.45) is 1.22. The number of nitrogens with zero attached hydrogens (tertiary/aromatic N) is 1. The topological polar surface area (TPSA) is 78.8 Å². The van der Waals surface area contributed by atoms with Crippen molar-refractivity contribution in [3.05, 3.63) is 0 Å². The molecule has 0 spiro atoms. The molecule has 0 heterocycles. The predicted molar refractivity (Wildman–Crippen MR) is 66.5 cm³/mol. The Morgan fingerprint density at radius 2 is 2.00 bits per heavy atom. The van der Waals surface area contributed by atoms with Gasteiger partial charge in [0.05, 0.1) is 0 Å². The number of carbonyl (C=O) groups is 2. The number of nitrogens with one attached hydrogen (secondary N) is 1. The molecule has 0 aromatic heterocycles. The molecular formula is C13H20N2O3. The van der Waals surface area contributed by atoms with E-state index >= 15 is 0 Å². The number of hydrogen-bond donors (Lipinski definition) is 2. The van der Waals surface area contributed by atoms with Crippen LogP contribution in [0.4, 0.5) is 0 Å². The first kappa shape index (κ1) is 13.1. The van der Waals surface area contributed by atoms with Crippen LogP contribution in [-0.4, -0.2) is 29.2 Å². The van der Waals surface area contributed by atoms with Gasteiger partial charge in [-0.15, -0.1) is 0 Å². The lowest BCUT2D eigenvalue weighted by Gasteiger charge is -2.37. The van der Waals surface area contributed by atoms with Crippen molar-refractivity contribution in [1.82, 2.24) is 5.32 Å². The molecule has 2 aliphatic rings. The molecule has 2 unspecified atom stereocenters. The highest BCUT2D eigenvalue weighted by atomic mass is 16.4. The first-order chi connectivity index (χ1) is 8.29. The molecule has 2 aliphatic carbocycles. The van der Waals surface area contributed by atoms with Gasteiger partial charge in [0.25, 0.3) is 0 Å². The van der Waals surface area contributed by atoms with Gasteiger partial charge < -0.3 is 10.5 Å². The van der Waals surface area contributed by atoms with Crippen molar-refractivity contribution in [2.45, 2.75) is 40.5 Å². The summed E-state index contributed by atoms with van der Waals surface area (Å²) in [5.41, 5.74) is -1.97. The zero-order valence-electron chi connectivity index (χ0n) is 11.3. The second-order valence-electron chi connectivity index (χ2n) is 6.00. The first-order valence-corrected chi connectivity index (χ1v) is 6.35. The van der Waals surface area contributed by atoms with E-state index in [0.29, 0.717) is 19.4 Å². The highest BCUT2D eigenvalue weighted by Crippen LogP contribution is 2.69. The maximum atomic E-state index is 12.5. The number of Topliss-reactive ketones (excluding diaryl/α,β-unsaturated/α-hetero) is 1. The first-order valence-electron chi connectivity index (χ1n) is 6.35. The van der Waals surface area contributed by atoms with Gasteiger partial charge in [-0.25, -0.2) is 0 Å². The third kappa shape index (κ3) is 1.06. The number of hydrogen-bond acceptors (Lipinski definition) is 4. The molecule has 0 aliphatic heterocycles. The number of oxime groups is 1. The van der Waals surface area contributed by atoms with Gasteiger partial charge in [0.2, 0.25) is 5.91 Å². The molecule has 2 rings (SSSR count). The van der Waals surface area contributed by atoms with Crippen LogP contribution in [0, 0.1) is 16.2 Å². The average Bonchev–Trinajstić information content (AvgIpc) is 2.56. The van der Waals surface area contributed by atoms with E-state index in [1.54, 1.807) is 0 Å². The zero-order chi connectivity index (χ0) is 13.8. The largest absolute Gasteiger partial charge is 0.411 e. The molecule has 0 saturated heterocycles. The maximum Gasteiger partial charge on any atom is 0.234 e. The Balaban J connectivity index is 2.62. The van der Waals surface area contributed by atoms with Gasteiger partial charge in [-0.05, 0) is 25.2 Å². The Labute approximate surface area is 107 Å². The van der Waals surface area contributed by atoms with Gasteiger partial charge in [0.15, 0.2) is 5.78 Å². The molecular weight excluding hydrogens is 232 g/mol. The van der Waals surface area contributed by atoms with Crippen LogP contribution >= 0.6 is 0 Å². The fourth-order valence-corrected chi connectivity index (χ4v) is 3.77. The van der Waals surface area contributed by atoms with Crippen molar-refractivity contribution in [3.63, 3.8) is 0 Å². The molecule has 100 valence electrons. The van der Waals surface area contributed by atoms with E-state index in [4.69, 9.17) is 5.21 Å². The van der Waals surface area contributed by atoms with Crippen molar-refractivity contribution in [2.75, 3.05) is 6.54 Å². The lowest BCUT2D eigenvalue weighted by Crippen LogP contribution is -2.50. The van der Waals surface area contributed by atoms with Crippen molar-refractivity contribution in [3.8, 4) is 0 Å². The Bertz CT molecular complexity index is 455. The minimum atomic E-state index is -1.07. The molecule has 5 heteroatoms. The lowest BCUT2D eigenvalue weighted by atomic mass is 9.64. The normalized spacial score (nSPS) is 39.3. The molecule has 0 radical (unpaired) electrons. The summed E-state index contributed by atoms with van der Waals surface area (Å²) in [6.45, 7) is 8.08. The van der Waals surface area contributed by atoms with Crippen molar-refractivity contribution >= 4 is 17.4 Å². The monoisotopic (exact) mass is 252 g/mol. The summed E-state index contributed by atoms with van der Waals surface area (Å²) >= 11 is 0. The van der Waals surface area contributed by atoms with E-state index in [-0.39, 0.29) is 17.4 Å². The Morgan fingerprint density at radius 1 is 1.39 bits per heavy atom. The second-order valence-corrected chi connectivity index (χ2v) is 6.00. The van der Waals surface area contributed by atoms with Crippen LogP contribution in [0.3, 0.4) is 0 Å². The number of amides is 1. The fraction of sp³-hybridized carbons (Fsp3) is 0.769. The van der Waals surface area contributed by atoms with Crippen LogP contribution in [0.2, 0.25) is 0 Å². The number of fused-ring (bicyclic) bond motifs is 2. The van der Waals surface area contributed by atoms with Crippen LogP contribution in [-0.2, 0) is 9.59 Å². The van der Waals surface area contributed by atoms with Crippen LogP contribution in [0.5, 0.6) is 0 Å². The molecule has 18 heavy (non-hydrogen) atoms. The molecule has 0 aromatic rings. The third-order valence-electron chi connectivity index (χ3n) is 5.40. The standard InChI is InChI=1S/C13H20N2O3/c1-5-14-10(17)13-7-6-12(4,11(13,2)3)8(15-18)9(13)16/h18H,5-7H2,1-4H3,(H,14,17)/b15-8+. The summed E-state index contributed by atoms with van der Waals surface area (Å²) < 4.78 is 0. The molecule has 1 amide bonds. The quantitative estimate of drug-likeness (QED) is 0.442. The van der Waals surface area contributed by atoms with E-state index in [1.165, 1.54) is 0 Å². The predicted octanol–water partition coefficient (Wildman–Crippen LogP) is 1.35. The fourth-order valence-electron chi connectivity index (χ4n) is 3.77. The minimum Gasteiger partial charge on any atom is -0.411 e. The van der Waals surface area contributed by atoms with Crippen molar-refractivity contribution in [1.29, 1.82) is 0 Å². The minimum absolute atomic E-state index is 0.157. The van der Waals surface area contributed by atoms with Gasteiger partial charge in [-0.3, -0.25) is 9.59 Å². The van der Waals surface area contributed by atoms with Gasteiger partial charge in [0, 0.05) is 12.0 Å². The average molecular weight is 252 g/mol. The van der Waals surface area contributed by atoms with Gasteiger partial charge in [-0.1, -0.05) is 25.9 Å². The number of rotatable bonds is 2. The molecule has 2 atom stereocenters. The summed E-state index contributed by atoms with van der Waals surface area (Å²) in [7, 11) is 0.